The van der Waals surface area contributed by atoms with Gasteiger partial charge in [0.25, 0.3) is 0 Å². The van der Waals surface area contributed by atoms with E-state index in [1.54, 1.807) is 12.1 Å². The summed E-state index contributed by atoms with van der Waals surface area (Å²) in [5, 5.41) is 22.8. The van der Waals surface area contributed by atoms with Crippen LogP contribution in [0.1, 0.15) is 18.1 Å². The van der Waals surface area contributed by atoms with Gasteiger partial charge in [-0.05, 0) is 51.8 Å². The minimum absolute atomic E-state index is 0.513. The highest BCUT2D eigenvalue weighted by Gasteiger charge is 2.17. The number of aliphatic hydroxyl groups excluding tert-OH is 2. The van der Waals surface area contributed by atoms with Gasteiger partial charge in [0, 0.05) is 6.54 Å². The van der Waals surface area contributed by atoms with E-state index in [0.29, 0.717) is 25.1 Å². The Morgan fingerprint density at radius 1 is 1.20 bits per heavy atom. The summed E-state index contributed by atoms with van der Waals surface area (Å²) in [7, 11) is 5.81. The number of nitrogens with one attached hydrogen (secondary N) is 1. The maximum absolute atomic E-state index is 10.0. The molecule has 114 valence electrons. The normalized spacial score (nSPS) is 14.3. The number of ether oxygens (including phenoxy) is 1. The predicted octanol–water partition coefficient (Wildman–Crippen LogP) is 0.631. The first kappa shape index (κ1) is 16.9. The summed E-state index contributed by atoms with van der Waals surface area (Å²) >= 11 is 0. The van der Waals surface area contributed by atoms with Crippen molar-refractivity contribution < 1.29 is 14.9 Å². The zero-order valence-electron chi connectivity index (χ0n) is 12.5. The van der Waals surface area contributed by atoms with Crippen LogP contribution in [0.4, 0.5) is 0 Å². The Morgan fingerprint density at radius 2 is 1.85 bits per heavy atom. The molecule has 5 heteroatoms. The van der Waals surface area contributed by atoms with Gasteiger partial charge < -0.3 is 25.2 Å². The molecule has 1 rings (SSSR count). The van der Waals surface area contributed by atoms with Crippen molar-refractivity contribution in [2.24, 2.45) is 0 Å². The maximum atomic E-state index is 10.0. The molecule has 0 bridgehead atoms. The third-order valence-corrected chi connectivity index (χ3v) is 3.08. The van der Waals surface area contributed by atoms with Crippen molar-refractivity contribution in [3.63, 3.8) is 0 Å². The van der Waals surface area contributed by atoms with Crippen LogP contribution in [0.2, 0.25) is 0 Å². The molecular weight excluding hydrogens is 256 g/mol. The van der Waals surface area contributed by atoms with Gasteiger partial charge in [0.05, 0.1) is 6.10 Å². The number of likely N-dealkylation sites (N-methyl/N-ethyl adjacent to an activating group) is 1. The van der Waals surface area contributed by atoms with Gasteiger partial charge in [0.15, 0.2) is 0 Å². The van der Waals surface area contributed by atoms with Crippen LogP contribution in [0, 0.1) is 0 Å². The molecule has 20 heavy (non-hydrogen) atoms. The molecule has 0 aliphatic carbocycles. The van der Waals surface area contributed by atoms with E-state index in [0.717, 1.165) is 12.3 Å². The fraction of sp³-hybridized carbons (Fsp3) is 0.600. The molecule has 0 fully saturated rings. The highest BCUT2D eigenvalue weighted by atomic mass is 16.5. The van der Waals surface area contributed by atoms with Gasteiger partial charge in [0.2, 0.25) is 0 Å². The van der Waals surface area contributed by atoms with Crippen LogP contribution in [0.3, 0.4) is 0 Å². The number of nitrogens with zero attached hydrogens (tertiary/aromatic N) is 1. The summed E-state index contributed by atoms with van der Waals surface area (Å²) in [4.78, 5) is 2.05. The van der Waals surface area contributed by atoms with Crippen LogP contribution >= 0.6 is 0 Å². The maximum Gasteiger partial charge on any atom is 0.119 e. The molecule has 0 aliphatic heterocycles. The first-order valence-electron chi connectivity index (χ1n) is 6.93. The molecule has 1 aromatic rings. The predicted molar refractivity (Wildman–Crippen MR) is 80.0 cm³/mol. The molecule has 0 saturated heterocycles. The summed E-state index contributed by atoms with van der Waals surface area (Å²) in [5.41, 5.74) is 0.702. The van der Waals surface area contributed by atoms with Crippen molar-refractivity contribution in [3.8, 4) is 5.75 Å². The third kappa shape index (κ3) is 5.88. The highest BCUT2D eigenvalue weighted by molar-refractivity contribution is 5.29. The first-order chi connectivity index (χ1) is 9.54. The van der Waals surface area contributed by atoms with Crippen molar-refractivity contribution in [3.05, 3.63) is 29.8 Å². The smallest absolute Gasteiger partial charge is 0.119 e. The zero-order chi connectivity index (χ0) is 15.0. The number of hydrogen-bond acceptors (Lipinski definition) is 5. The van der Waals surface area contributed by atoms with E-state index >= 15 is 0 Å². The molecule has 0 aliphatic rings. The van der Waals surface area contributed by atoms with Crippen LogP contribution in [0.5, 0.6) is 5.75 Å². The van der Waals surface area contributed by atoms with Crippen LogP contribution in [0.25, 0.3) is 0 Å². The van der Waals surface area contributed by atoms with E-state index in [-0.39, 0.29) is 0 Å². The molecule has 0 aromatic heterocycles. The fourth-order valence-electron chi connectivity index (χ4n) is 1.78. The fourth-order valence-corrected chi connectivity index (χ4v) is 1.78. The van der Waals surface area contributed by atoms with Gasteiger partial charge in [-0.1, -0.05) is 12.1 Å². The highest BCUT2D eigenvalue weighted by Crippen LogP contribution is 2.21. The van der Waals surface area contributed by atoms with Crippen molar-refractivity contribution in [1.82, 2.24) is 10.2 Å². The van der Waals surface area contributed by atoms with Crippen LogP contribution in [-0.4, -0.2) is 62.1 Å². The quantitative estimate of drug-likeness (QED) is 0.620. The van der Waals surface area contributed by atoms with E-state index in [9.17, 15) is 10.2 Å². The number of aliphatic hydroxyl groups is 2. The average Bonchev–Trinajstić information content (AvgIpc) is 2.44. The lowest BCUT2D eigenvalue weighted by Gasteiger charge is -2.18. The topological polar surface area (TPSA) is 65.0 Å². The first-order valence-corrected chi connectivity index (χ1v) is 6.93. The lowest BCUT2D eigenvalue weighted by atomic mass is 10.0. The van der Waals surface area contributed by atoms with Crippen molar-refractivity contribution >= 4 is 0 Å². The second-order valence-corrected chi connectivity index (χ2v) is 5.13. The molecular formula is C15H26N2O3. The van der Waals surface area contributed by atoms with Crippen LogP contribution in [0.15, 0.2) is 24.3 Å². The van der Waals surface area contributed by atoms with Crippen molar-refractivity contribution in [2.75, 3.05) is 40.8 Å². The third-order valence-electron chi connectivity index (χ3n) is 3.08. The molecule has 0 spiro atoms. The van der Waals surface area contributed by atoms with Gasteiger partial charge in [0.1, 0.15) is 18.5 Å². The molecule has 1 aromatic carbocycles. The Balaban J connectivity index is 2.48. The van der Waals surface area contributed by atoms with E-state index in [4.69, 9.17) is 4.74 Å². The molecule has 0 amide bonds. The minimum atomic E-state index is -0.862. The van der Waals surface area contributed by atoms with Gasteiger partial charge in [-0.3, -0.25) is 0 Å². The van der Waals surface area contributed by atoms with E-state index in [1.165, 1.54) is 0 Å². The van der Waals surface area contributed by atoms with Gasteiger partial charge in [-0.25, -0.2) is 0 Å². The van der Waals surface area contributed by atoms with E-state index in [1.807, 2.05) is 33.3 Å². The number of rotatable bonds is 9. The molecule has 0 saturated carbocycles. The lowest BCUT2D eigenvalue weighted by molar-refractivity contribution is 0.0140. The van der Waals surface area contributed by atoms with Crippen LogP contribution < -0.4 is 10.1 Å². The lowest BCUT2D eigenvalue weighted by Crippen LogP contribution is -2.23. The minimum Gasteiger partial charge on any atom is -0.492 e. The Hall–Kier alpha value is -1.14. The molecule has 2 unspecified atom stereocenters. The number of benzene rings is 1. The largest absolute Gasteiger partial charge is 0.492 e. The Morgan fingerprint density at radius 3 is 2.40 bits per heavy atom. The second-order valence-electron chi connectivity index (χ2n) is 5.13. The SMILES string of the molecule is CNCCC(O)C(O)c1ccc(OCCN(C)C)cc1. The Labute approximate surface area is 121 Å². The van der Waals surface area contributed by atoms with Crippen molar-refractivity contribution in [1.29, 1.82) is 0 Å². The van der Waals surface area contributed by atoms with E-state index < -0.39 is 12.2 Å². The van der Waals surface area contributed by atoms with Crippen molar-refractivity contribution in [2.45, 2.75) is 18.6 Å². The summed E-state index contributed by atoms with van der Waals surface area (Å²) < 4.78 is 5.58. The zero-order valence-corrected chi connectivity index (χ0v) is 12.5. The monoisotopic (exact) mass is 282 g/mol. The van der Waals surface area contributed by atoms with Gasteiger partial charge in [-0.2, -0.15) is 0 Å². The Bertz CT molecular complexity index is 368. The summed E-state index contributed by atoms with van der Waals surface area (Å²) in [5.74, 6) is 0.771. The number of hydrogen-bond donors (Lipinski definition) is 3. The summed E-state index contributed by atoms with van der Waals surface area (Å²) in [6.45, 7) is 2.15. The Kier molecular flexibility index (Phi) is 7.54. The molecule has 0 radical (unpaired) electrons. The second kappa shape index (κ2) is 8.92. The van der Waals surface area contributed by atoms with E-state index in [2.05, 4.69) is 10.2 Å². The van der Waals surface area contributed by atoms with Gasteiger partial charge in [-0.15, -0.1) is 0 Å². The van der Waals surface area contributed by atoms with Gasteiger partial charge >= 0.3 is 0 Å². The summed E-state index contributed by atoms with van der Waals surface area (Å²) in [6, 6.07) is 7.22. The molecule has 0 heterocycles. The average molecular weight is 282 g/mol. The van der Waals surface area contributed by atoms with Crippen LogP contribution in [-0.2, 0) is 0 Å². The molecule has 2 atom stereocenters. The summed E-state index contributed by atoms with van der Waals surface area (Å²) in [6.07, 6.45) is -1.11. The molecule has 3 N–H and O–H groups in total. The molecule has 5 nitrogen and oxygen atoms in total. The standard InChI is InChI=1S/C15H26N2O3/c1-16-9-8-14(18)15(19)12-4-6-13(7-5-12)20-11-10-17(2)3/h4-7,14-16,18-19H,8-11H2,1-3H3.